The van der Waals surface area contributed by atoms with Gasteiger partial charge in [-0.1, -0.05) is 26.8 Å². The number of hydrogen-bond acceptors (Lipinski definition) is 3. The lowest BCUT2D eigenvalue weighted by atomic mass is 9.86. The molecule has 1 N–H and O–H groups in total. The molecular weight excluding hydrogens is 224 g/mol. The van der Waals surface area contributed by atoms with Gasteiger partial charge in [0.1, 0.15) is 6.07 Å². The third-order valence-electron chi connectivity index (χ3n) is 3.58. The van der Waals surface area contributed by atoms with Gasteiger partial charge in [-0.3, -0.25) is 0 Å². The van der Waals surface area contributed by atoms with Crippen molar-refractivity contribution in [3.63, 3.8) is 0 Å². The fourth-order valence-electron chi connectivity index (χ4n) is 1.87. The maximum absolute atomic E-state index is 9.21. The molecule has 0 fully saturated rings. The van der Waals surface area contributed by atoms with Crippen LogP contribution in [0.15, 0.2) is 18.2 Å². The number of anilines is 1. The molecule has 1 unspecified atom stereocenters. The number of nitrogens with zero attached hydrogens (tertiary/aromatic N) is 2. The van der Waals surface area contributed by atoms with Gasteiger partial charge in [0, 0.05) is 13.1 Å². The van der Waals surface area contributed by atoms with Gasteiger partial charge in [-0.25, -0.2) is 0 Å². The molecule has 0 aliphatic carbocycles. The highest BCUT2D eigenvalue weighted by molar-refractivity contribution is 5.60. The van der Waals surface area contributed by atoms with Gasteiger partial charge >= 0.3 is 0 Å². The van der Waals surface area contributed by atoms with E-state index in [1.54, 1.807) is 6.07 Å². The molecule has 1 aromatic rings. The van der Waals surface area contributed by atoms with E-state index in [-0.39, 0.29) is 12.0 Å². The molecule has 0 saturated carbocycles. The Kier molecular flexibility index (Phi) is 4.37. The molecule has 0 aliphatic rings. The van der Waals surface area contributed by atoms with E-state index in [9.17, 15) is 5.26 Å². The van der Waals surface area contributed by atoms with Crippen molar-refractivity contribution in [2.45, 2.75) is 40.3 Å². The minimum absolute atomic E-state index is 0.0342. The third kappa shape index (κ3) is 3.02. The number of benzene rings is 1. The third-order valence-corrected chi connectivity index (χ3v) is 3.58. The first-order chi connectivity index (χ1) is 8.31. The molecule has 3 nitrogen and oxygen atoms in total. The topological polar surface area (TPSA) is 47.3 Å². The second-order valence-electron chi connectivity index (χ2n) is 5.77. The molecule has 0 aliphatic heterocycles. The number of hydrogen-bond donors (Lipinski definition) is 1. The lowest BCUT2D eigenvalue weighted by molar-refractivity contribution is 0.282. The first kappa shape index (κ1) is 14.5. The van der Waals surface area contributed by atoms with E-state index in [0.717, 1.165) is 11.3 Å². The van der Waals surface area contributed by atoms with Crippen molar-refractivity contribution >= 4 is 5.69 Å². The summed E-state index contributed by atoms with van der Waals surface area (Å²) in [6.07, 6.45) is 0. The van der Waals surface area contributed by atoms with Crippen molar-refractivity contribution in [2.75, 3.05) is 11.9 Å². The molecule has 1 atom stereocenters. The van der Waals surface area contributed by atoms with E-state index in [0.29, 0.717) is 11.6 Å². The molecule has 1 aromatic carbocycles. The van der Waals surface area contributed by atoms with Crippen molar-refractivity contribution < 1.29 is 5.11 Å². The van der Waals surface area contributed by atoms with Crippen LogP contribution in [-0.4, -0.2) is 18.2 Å². The number of aliphatic hydroxyl groups excluding tert-OH is 1. The molecule has 0 amide bonds. The van der Waals surface area contributed by atoms with Gasteiger partial charge in [-0.15, -0.1) is 0 Å². The molecule has 98 valence electrons. The zero-order valence-electron chi connectivity index (χ0n) is 11.9. The summed E-state index contributed by atoms with van der Waals surface area (Å²) in [6, 6.07) is 8.04. The molecule has 0 bridgehead atoms. The first-order valence-corrected chi connectivity index (χ1v) is 6.18. The summed E-state index contributed by atoms with van der Waals surface area (Å²) in [4.78, 5) is 2.12. The molecule has 0 radical (unpaired) electrons. The maximum Gasteiger partial charge on any atom is 0.101 e. The van der Waals surface area contributed by atoms with Crippen LogP contribution in [0.3, 0.4) is 0 Å². The van der Waals surface area contributed by atoms with Crippen molar-refractivity contribution in [3.05, 3.63) is 29.3 Å². The summed E-state index contributed by atoms with van der Waals surface area (Å²) in [5.74, 6) is 0. The number of aliphatic hydroxyl groups is 1. The molecule has 3 heteroatoms. The zero-order chi connectivity index (χ0) is 13.9. The highest BCUT2D eigenvalue weighted by atomic mass is 16.3. The summed E-state index contributed by atoms with van der Waals surface area (Å²) in [6.45, 7) is 8.67. The average Bonchev–Trinajstić information content (AvgIpc) is 2.35. The van der Waals surface area contributed by atoms with Gasteiger partial charge in [0.25, 0.3) is 0 Å². The van der Waals surface area contributed by atoms with Gasteiger partial charge < -0.3 is 10.0 Å². The Morgan fingerprint density at radius 2 is 2.00 bits per heavy atom. The van der Waals surface area contributed by atoms with Crippen molar-refractivity contribution in [2.24, 2.45) is 5.41 Å². The minimum atomic E-state index is -0.0342. The predicted octanol–water partition coefficient (Wildman–Crippen LogP) is 2.92. The van der Waals surface area contributed by atoms with Crippen LogP contribution in [0, 0.1) is 16.7 Å². The highest BCUT2D eigenvalue weighted by Gasteiger charge is 2.25. The lowest BCUT2D eigenvalue weighted by Crippen LogP contribution is -2.39. The van der Waals surface area contributed by atoms with E-state index in [1.807, 2.05) is 19.2 Å². The molecular formula is C15H22N2O. The number of nitriles is 1. The monoisotopic (exact) mass is 246 g/mol. The van der Waals surface area contributed by atoms with Crippen LogP contribution in [0.2, 0.25) is 0 Å². The standard InChI is InChI=1S/C15H22N2O/c1-11(15(2,3)4)17(5)14-7-6-12(10-18)8-13(14)9-16/h6-8,11,18H,10H2,1-5H3. The van der Waals surface area contributed by atoms with E-state index in [2.05, 4.69) is 38.7 Å². The van der Waals surface area contributed by atoms with Crippen LogP contribution in [0.4, 0.5) is 5.69 Å². The van der Waals surface area contributed by atoms with Gasteiger partial charge in [-0.05, 0) is 30.0 Å². The van der Waals surface area contributed by atoms with E-state index >= 15 is 0 Å². The zero-order valence-corrected chi connectivity index (χ0v) is 11.9. The van der Waals surface area contributed by atoms with E-state index in [1.165, 1.54) is 0 Å². The van der Waals surface area contributed by atoms with Crippen LogP contribution < -0.4 is 4.90 Å². The molecule has 0 heterocycles. The van der Waals surface area contributed by atoms with Crippen LogP contribution in [0.5, 0.6) is 0 Å². The predicted molar refractivity (Wildman–Crippen MR) is 74.4 cm³/mol. The van der Waals surface area contributed by atoms with Crippen LogP contribution in [0.25, 0.3) is 0 Å². The fourth-order valence-corrected chi connectivity index (χ4v) is 1.87. The van der Waals surface area contributed by atoms with E-state index in [4.69, 9.17) is 5.11 Å². The Balaban J connectivity index is 3.14. The molecule has 0 saturated heterocycles. The van der Waals surface area contributed by atoms with E-state index < -0.39 is 0 Å². The van der Waals surface area contributed by atoms with Crippen LogP contribution in [-0.2, 0) is 6.61 Å². The maximum atomic E-state index is 9.21. The quantitative estimate of drug-likeness (QED) is 0.892. The Labute approximate surface area is 110 Å². The normalized spacial score (nSPS) is 12.9. The Hall–Kier alpha value is -1.53. The smallest absolute Gasteiger partial charge is 0.101 e. The molecule has 18 heavy (non-hydrogen) atoms. The summed E-state index contributed by atoms with van der Waals surface area (Å²) in [5.41, 5.74) is 2.43. The summed E-state index contributed by atoms with van der Waals surface area (Å²) in [5, 5.41) is 18.3. The SMILES string of the molecule is CC(N(C)c1ccc(CO)cc1C#N)C(C)(C)C. The van der Waals surface area contributed by atoms with Crippen LogP contribution >= 0.6 is 0 Å². The van der Waals surface area contributed by atoms with Gasteiger partial charge in [0.15, 0.2) is 0 Å². The Bertz CT molecular complexity index is 455. The second-order valence-corrected chi connectivity index (χ2v) is 5.77. The molecule has 0 spiro atoms. The summed E-state index contributed by atoms with van der Waals surface area (Å²) in [7, 11) is 2.00. The summed E-state index contributed by atoms with van der Waals surface area (Å²) < 4.78 is 0. The molecule has 1 rings (SSSR count). The fraction of sp³-hybridized carbons (Fsp3) is 0.533. The average molecular weight is 246 g/mol. The van der Waals surface area contributed by atoms with Crippen molar-refractivity contribution in [3.8, 4) is 6.07 Å². The summed E-state index contributed by atoms with van der Waals surface area (Å²) >= 11 is 0. The van der Waals surface area contributed by atoms with Gasteiger partial charge in [-0.2, -0.15) is 5.26 Å². The van der Waals surface area contributed by atoms with Crippen molar-refractivity contribution in [1.29, 1.82) is 5.26 Å². The van der Waals surface area contributed by atoms with Gasteiger partial charge in [0.05, 0.1) is 17.9 Å². The first-order valence-electron chi connectivity index (χ1n) is 6.18. The highest BCUT2D eigenvalue weighted by Crippen LogP contribution is 2.29. The Morgan fingerprint density at radius 1 is 1.39 bits per heavy atom. The number of rotatable bonds is 3. The Morgan fingerprint density at radius 3 is 2.44 bits per heavy atom. The largest absolute Gasteiger partial charge is 0.392 e. The lowest BCUT2D eigenvalue weighted by Gasteiger charge is -2.37. The molecule has 0 aromatic heterocycles. The van der Waals surface area contributed by atoms with Crippen LogP contribution in [0.1, 0.15) is 38.8 Å². The van der Waals surface area contributed by atoms with Gasteiger partial charge in [0.2, 0.25) is 0 Å². The van der Waals surface area contributed by atoms with Crippen molar-refractivity contribution in [1.82, 2.24) is 0 Å². The second kappa shape index (κ2) is 5.41. The minimum Gasteiger partial charge on any atom is -0.392 e.